The smallest absolute Gasteiger partial charge is 0.337 e. The van der Waals surface area contributed by atoms with Gasteiger partial charge in [-0.1, -0.05) is 0 Å². The summed E-state index contributed by atoms with van der Waals surface area (Å²) in [5.41, 5.74) is 7.47. The molecule has 0 saturated carbocycles. The number of ether oxygens (including phenoxy) is 2. The molecule has 2 heterocycles. The van der Waals surface area contributed by atoms with Crippen LogP contribution in [0.4, 0.5) is 17.2 Å². The second-order valence-electron chi connectivity index (χ2n) is 4.93. The molecule has 0 amide bonds. The number of nitrogens with two attached hydrogens (primary N) is 1. The summed E-state index contributed by atoms with van der Waals surface area (Å²) in [4.78, 5) is 23.6. The molecule has 25 heavy (non-hydrogen) atoms. The highest BCUT2D eigenvalue weighted by Gasteiger charge is 2.11. The number of rotatable bonds is 5. The Kier molecular flexibility index (Phi) is 4.70. The molecule has 0 aliphatic carbocycles. The van der Waals surface area contributed by atoms with E-state index >= 15 is 0 Å². The van der Waals surface area contributed by atoms with Crippen LogP contribution in [0.1, 0.15) is 10.4 Å². The predicted octanol–water partition coefficient (Wildman–Crippen LogP) is 2.78. The minimum Gasteiger partial charge on any atom is -0.465 e. The van der Waals surface area contributed by atoms with Crippen molar-refractivity contribution in [1.29, 1.82) is 0 Å². The van der Waals surface area contributed by atoms with Crippen LogP contribution in [-0.2, 0) is 4.74 Å². The third-order valence-corrected chi connectivity index (χ3v) is 3.27. The number of methoxy groups -OCH3 is 1. The highest BCUT2D eigenvalue weighted by Crippen LogP contribution is 2.30. The lowest BCUT2D eigenvalue weighted by atomic mass is 10.2. The average Bonchev–Trinajstić information content (AvgIpc) is 2.66. The fraction of sp³-hybridized carbons (Fsp3) is 0.0588. The highest BCUT2D eigenvalue weighted by atomic mass is 16.5. The van der Waals surface area contributed by atoms with Gasteiger partial charge in [0.15, 0.2) is 5.82 Å². The Balaban J connectivity index is 1.79. The summed E-state index contributed by atoms with van der Waals surface area (Å²) >= 11 is 0. The van der Waals surface area contributed by atoms with Crippen LogP contribution < -0.4 is 15.8 Å². The summed E-state index contributed by atoms with van der Waals surface area (Å²) in [6, 6.07) is 10.2. The van der Waals surface area contributed by atoms with Crippen molar-refractivity contribution in [3.8, 4) is 11.6 Å². The zero-order chi connectivity index (χ0) is 17.6. The fourth-order valence-electron chi connectivity index (χ4n) is 2.02. The first-order valence-electron chi connectivity index (χ1n) is 7.31. The van der Waals surface area contributed by atoms with Gasteiger partial charge in [-0.15, -0.1) is 0 Å². The number of nitrogens with one attached hydrogen (secondary N) is 1. The average molecular weight is 337 g/mol. The normalized spacial score (nSPS) is 10.1. The van der Waals surface area contributed by atoms with E-state index in [-0.39, 0.29) is 11.6 Å². The monoisotopic (exact) mass is 337 g/mol. The molecule has 0 unspecified atom stereocenters. The van der Waals surface area contributed by atoms with Crippen molar-refractivity contribution < 1.29 is 14.3 Å². The first-order valence-corrected chi connectivity index (χ1v) is 7.31. The Hall–Kier alpha value is -3.68. The van der Waals surface area contributed by atoms with E-state index in [4.69, 9.17) is 10.5 Å². The molecule has 0 saturated heterocycles. The van der Waals surface area contributed by atoms with Crippen LogP contribution in [0.5, 0.6) is 11.6 Å². The first-order chi connectivity index (χ1) is 12.2. The van der Waals surface area contributed by atoms with E-state index in [0.717, 1.165) is 0 Å². The molecule has 0 atom stereocenters. The number of aromatic nitrogens is 3. The number of hydrogen-bond acceptors (Lipinski definition) is 8. The van der Waals surface area contributed by atoms with Crippen LogP contribution in [0, 0.1) is 0 Å². The van der Waals surface area contributed by atoms with Crippen molar-refractivity contribution in [2.24, 2.45) is 0 Å². The SMILES string of the molecule is COC(=O)c1ccc(Nc2ncnc(Oc3cccnc3)c2N)cc1. The minimum atomic E-state index is -0.403. The largest absolute Gasteiger partial charge is 0.465 e. The summed E-state index contributed by atoms with van der Waals surface area (Å²) in [5.74, 6) is 0.720. The van der Waals surface area contributed by atoms with Crippen LogP contribution in [0.2, 0.25) is 0 Å². The predicted molar refractivity (Wildman–Crippen MR) is 91.8 cm³/mol. The number of carbonyl (C=O) groups is 1. The Bertz CT molecular complexity index is 869. The van der Waals surface area contributed by atoms with E-state index < -0.39 is 5.97 Å². The molecule has 2 aromatic heterocycles. The Morgan fingerprint density at radius 3 is 2.64 bits per heavy atom. The van der Waals surface area contributed by atoms with E-state index in [9.17, 15) is 4.79 Å². The summed E-state index contributed by atoms with van der Waals surface area (Å²) in [6.07, 6.45) is 4.54. The maximum Gasteiger partial charge on any atom is 0.337 e. The van der Waals surface area contributed by atoms with Gasteiger partial charge in [-0.2, -0.15) is 4.98 Å². The standard InChI is InChI=1S/C17H15N5O3/c1-24-17(23)11-4-6-12(7-5-11)22-15-14(18)16(21-10-20-15)25-13-3-2-8-19-9-13/h2-10H,18H2,1H3,(H,20,21,22). The van der Waals surface area contributed by atoms with Gasteiger partial charge >= 0.3 is 5.97 Å². The lowest BCUT2D eigenvalue weighted by molar-refractivity contribution is 0.0601. The molecule has 8 heteroatoms. The molecule has 1 aromatic carbocycles. The van der Waals surface area contributed by atoms with E-state index in [1.165, 1.54) is 13.4 Å². The summed E-state index contributed by atoms with van der Waals surface area (Å²) in [5, 5.41) is 3.06. The van der Waals surface area contributed by atoms with Gasteiger partial charge in [0.1, 0.15) is 17.8 Å². The third kappa shape index (κ3) is 3.81. The lowest BCUT2D eigenvalue weighted by Gasteiger charge is -2.11. The van der Waals surface area contributed by atoms with Crippen molar-refractivity contribution >= 4 is 23.2 Å². The van der Waals surface area contributed by atoms with Crippen molar-refractivity contribution in [2.45, 2.75) is 0 Å². The zero-order valence-corrected chi connectivity index (χ0v) is 13.3. The van der Waals surface area contributed by atoms with Gasteiger partial charge in [0.05, 0.1) is 18.9 Å². The lowest BCUT2D eigenvalue weighted by Crippen LogP contribution is -2.04. The van der Waals surface area contributed by atoms with Gasteiger partial charge in [0.25, 0.3) is 0 Å². The molecular formula is C17H15N5O3. The first kappa shape index (κ1) is 16.2. The molecule has 0 aliphatic rings. The number of nitrogens with zero attached hydrogens (tertiary/aromatic N) is 3. The molecule has 0 fully saturated rings. The van der Waals surface area contributed by atoms with Crippen LogP contribution in [0.3, 0.4) is 0 Å². The van der Waals surface area contributed by atoms with Crippen LogP contribution in [0.15, 0.2) is 55.1 Å². The minimum absolute atomic E-state index is 0.219. The summed E-state index contributed by atoms with van der Waals surface area (Å²) < 4.78 is 10.3. The Labute approximate surface area is 143 Å². The van der Waals surface area contributed by atoms with Crippen molar-refractivity contribution in [2.75, 3.05) is 18.2 Å². The number of esters is 1. The van der Waals surface area contributed by atoms with Crippen LogP contribution >= 0.6 is 0 Å². The highest BCUT2D eigenvalue weighted by molar-refractivity contribution is 5.89. The molecular weight excluding hydrogens is 322 g/mol. The van der Waals surface area contributed by atoms with Crippen LogP contribution in [0.25, 0.3) is 0 Å². The van der Waals surface area contributed by atoms with Gasteiger partial charge < -0.3 is 20.5 Å². The van der Waals surface area contributed by atoms with E-state index in [1.807, 2.05) is 0 Å². The summed E-state index contributed by atoms with van der Waals surface area (Å²) in [7, 11) is 1.33. The molecule has 0 spiro atoms. The van der Waals surface area contributed by atoms with Gasteiger partial charge in [0.2, 0.25) is 5.88 Å². The van der Waals surface area contributed by atoms with Crippen molar-refractivity contribution in [1.82, 2.24) is 15.0 Å². The number of hydrogen-bond donors (Lipinski definition) is 2. The third-order valence-electron chi connectivity index (χ3n) is 3.27. The molecule has 3 rings (SSSR count). The molecule has 8 nitrogen and oxygen atoms in total. The second-order valence-corrected chi connectivity index (χ2v) is 4.93. The summed E-state index contributed by atoms with van der Waals surface area (Å²) in [6.45, 7) is 0. The van der Waals surface area contributed by atoms with Gasteiger partial charge in [-0.25, -0.2) is 9.78 Å². The molecule has 3 aromatic rings. The Morgan fingerprint density at radius 2 is 1.96 bits per heavy atom. The number of nitrogen functional groups attached to an aromatic ring is 1. The topological polar surface area (TPSA) is 112 Å². The number of pyridine rings is 1. The van der Waals surface area contributed by atoms with Crippen molar-refractivity contribution in [3.05, 3.63) is 60.7 Å². The maximum atomic E-state index is 11.5. The zero-order valence-electron chi connectivity index (χ0n) is 13.3. The Morgan fingerprint density at radius 1 is 1.16 bits per heavy atom. The van der Waals surface area contributed by atoms with Crippen molar-refractivity contribution in [3.63, 3.8) is 0 Å². The maximum absolute atomic E-state index is 11.5. The van der Waals surface area contributed by atoms with Crippen LogP contribution in [-0.4, -0.2) is 28.0 Å². The van der Waals surface area contributed by atoms with E-state index in [2.05, 4.69) is 25.0 Å². The van der Waals surface area contributed by atoms with Gasteiger partial charge in [0, 0.05) is 11.9 Å². The quantitative estimate of drug-likeness (QED) is 0.683. The molecule has 3 N–H and O–H groups in total. The van der Waals surface area contributed by atoms with Gasteiger partial charge in [-0.3, -0.25) is 4.98 Å². The van der Waals surface area contributed by atoms with E-state index in [1.54, 1.807) is 48.8 Å². The molecule has 0 radical (unpaired) electrons. The molecule has 0 aliphatic heterocycles. The van der Waals surface area contributed by atoms with E-state index in [0.29, 0.717) is 22.8 Å². The molecule has 126 valence electrons. The number of carbonyl (C=O) groups excluding carboxylic acids is 1. The molecule has 0 bridgehead atoms. The number of benzene rings is 1. The fourth-order valence-corrected chi connectivity index (χ4v) is 2.02. The van der Waals surface area contributed by atoms with Gasteiger partial charge in [-0.05, 0) is 36.4 Å². The number of anilines is 3. The second kappa shape index (κ2) is 7.26.